The molecule has 0 atom stereocenters. The van der Waals surface area contributed by atoms with Gasteiger partial charge in [-0.05, 0) is 49.7 Å². The number of aliphatic imine (C=N–C) groups is 1. The standard InChI is InChI=1S/C21H17Cl2FN4OS/c1-4-28(3)11-26-18-9-17(23)19(7-12(18)2)29-21-15(10-25)20(27-30-21)14-6-5-13(24)8-16(14)22/h5-9,11H,4H2,1-3H3. The zero-order valence-corrected chi connectivity index (χ0v) is 18.7. The van der Waals surface area contributed by atoms with E-state index in [1.165, 1.54) is 18.2 Å². The van der Waals surface area contributed by atoms with Crippen molar-refractivity contribution < 1.29 is 9.13 Å². The van der Waals surface area contributed by atoms with Crippen molar-refractivity contribution in [2.24, 2.45) is 4.99 Å². The van der Waals surface area contributed by atoms with Gasteiger partial charge in [0.15, 0.2) is 0 Å². The van der Waals surface area contributed by atoms with Crippen LogP contribution in [0.2, 0.25) is 10.0 Å². The second-order valence-corrected chi connectivity index (χ2v) is 7.97. The van der Waals surface area contributed by atoms with Crippen molar-refractivity contribution in [3.63, 3.8) is 0 Å². The van der Waals surface area contributed by atoms with Gasteiger partial charge in [0.1, 0.15) is 28.9 Å². The van der Waals surface area contributed by atoms with Gasteiger partial charge in [0.05, 0.1) is 22.1 Å². The minimum atomic E-state index is -0.468. The molecule has 0 saturated carbocycles. The molecule has 30 heavy (non-hydrogen) atoms. The number of hydrogen-bond acceptors (Lipinski definition) is 5. The molecule has 9 heteroatoms. The van der Waals surface area contributed by atoms with Gasteiger partial charge < -0.3 is 9.64 Å². The van der Waals surface area contributed by atoms with Crippen molar-refractivity contribution in [1.29, 1.82) is 5.26 Å². The molecule has 154 valence electrons. The van der Waals surface area contributed by atoms with Crippen molar-refractivity contribution in [2.45, 2.75) is 13.8 Å². The highest BCUT2D eigenvalue weighted by Gasteiger charge is 2.20. The van der Waals surface area contributed by atoms with Gasteiger partial charge in [-0.3, -0.25) is 0 Å². The van der Waals surface area contributed by atoms with E-state index in [4.69, 9.17) is 27.9 Å². The number of aryl methyl sites for hydroxylation is 1. The van der Waals surface area contributed by atoms with E-state index in [9.17, 15) is 9.65 Å². The predicted molar refractivity (Wildman–Crippen MR) is 120 cm³/mol. The first-order valence-electron chi connectivity index (χ1n) is 8.91. The van der Waals surface area contributed by atoms with E-state index < -0.39 is 5.82 Å². The molecule has 0 spiro atoms. The van der Waals surface area contributed by atoms with Gasteiger partial charge in [-0.1, -0.05) is 23.2 Å². The van der Waals surface area contributed by atoms with Crippen molar-refractivity contribution in [1.82, 2.24) is 9.27 Å². The normalized spacial score (nSPS) is 11.0. The zero-order chi connectivity index (χ0) is 21.8. The Balaban J connectivity index is 1.94. The van der Waals surface area contributed by atoms with E-state index in [2.05, 4.69) is 15.4 Å². The number of hydrogen-bond donors (Lipinski definition) is 0. The third-order valence-corrected chi connectivity index (χ3v) is 5.64. The highest BCUT2D eigenvalue weighted by molar-refractivity contribution is 7.08. The highest BCUT2D eigenvalue weighted by atomic mass is 35.5. The van der Waals surface area contributed by atoms with Crippen LogP contribution >= 0.6 is 34.7 Å². The summed E-state index contributed by atoms with van der Waals surface area (Å²) in [5.41, 5.74) is 2.57. The first-order chi connectivity index (χ1) is 14.3. The van der Waals surface area contributed by atoms with E-state index in [-0.39, 0.29) is 15.6 Å². The quantitative estimate of drug-likeness (QED) is 0.297. The largest absolute Gasteiger partial charge is 0.442 e. The zero-order valence-electron chi connectivity index (χ0n) is 16.4. The fraction of sp³-hybridized carbons (Fsp3) is 0.190. The summed E-state index contributed by atoms with van der Waals surface area (Å²) in [5.74, 6) is -0.0852. The lowest BCUT2D eigenvalue weighted by molar-refractivity contribution is 0.495. The molecule has 0 N–H and O–H groups in total. The SMILES string of the molecule is CCN(C)C=Nc1cc(Cl)c(Oc2snc(-c3ccc(F)cc3Cl)c2C#N)cc1C. The molecule has 0 fully saturated rings. The Morgan fingerprint density at radius 2 is 2.07 bits per heavy atom. The lowest BCUT2D eigenvalue weighted by atomic mass is 10.1. The van der Waals surface area contributed by atoms with Crippen LogP contribution in [0.4, 0.5) is 10.1 Å². The molecule has 3 aromatic rings. The van der Waals surface area contributed by atoms with E-state index >= 15 is 0 Å². The molecule has 0 saturated heterocycles. The molecular formula is C21H17Cl2FN4OS. The fourth-order valence-corrected chi connectivity index (χ4v) is 3.69. The number of halogens is 3. The lowest BCUT2D eigenvalue weighted by Crippen LogP contribution is -2.14. The number of ether oxygens (including phenoxy) is 1. The van der Waals surface area contributed by atoms with E-state index in [0.717, 1.165) is 29.3 Å². The molecule has 0 aliphatic rings. The maximum absolute atomic E-state index is 13.4. The van der Waals surface area contributed by atoms with Crippen molar-refractivity contribution in [3.8, 4) is 28.1 Å². The third kappa shape index (κ3) is 4.73. The minimum absolute atomic E-state index is 0.163. The molecule has 0 unspecified atom stereocenters. The molecular weight excluding hydrogens is 446 g/mol. The topological polar surface area (TPSA) is 61.5 Å². The van der Waals surface area contributed by atoms with Crippen LogP contribution in [0.15, 0.2) is 35.3 Å². The van der Waals surface area contributed by atoms with Gasteiger partial charge in [0.2, 0.25) is 5.06 Å². The summed E-state index contributed by atoms with van der Waals surface area (Å²) in [7, 11) is 1.93. The van der Waals surface area contributed by atoms with Crippen LogP contribution in [-0.2, 0) is 0 Å². The Labute approximate surface area is 188 Å². The van der Waals surface area contributed by atoms with Gasteiger partial charge in [0.25, 0.3) is 0 Å². The van der Waals surface area contributed by atoms with Crippen molar-refractivity contribution in [2.75, 3.05) is 13.6 Å². The number of nitrogens with zero attached hydrogens (tertiary/aromatic N) is 4. The Hall–Kier alpha value is -2.66. The maximum Gasteiger partial charge on any atom is 0.218 e. The molecule has 1 heterocycles. The average Bonchev–Trinajstić information content (AvgIpc) is 3.11. The summed E-state index contributed by atoms with van der Waals surface area (Å²) < 4.78 is 23.5. The lowest BCUT2D eigenvalue weighted by Gasteiger charge is -2.11. The molecule has 0 aliphatic heterocycles. The van der Waals surface area contributed by atoms with Crippen molar-refractivity contribution in [3.05, 3.63) is 57.3 Å². The van der Waals surface area contributed by atoms with Gasteiger partial charge in [0, 0.05) is 30.7 Å². The molecule has 0 amide bonds. The summed E-state index contributed by atoms with van der Waals surface area (Å²) in [6.45, 7) is 4.75. The smallest absolute Gasteiger partial charge is 0.218 e. The molecule has 5 nitrogen and oxygen atoms in total. The summed E-state index contributed by atoms with van der Waals surface area (Å²) in [5, 5.41) is 10.4. The predicted octanol–water partition coefficient (Wildman–Crippen LogP) is 6.84. The fourth-order valence-electron chi connectivity index (χ4n) is 2.51. The summed E-state index contributed by atoms with van der Waals surface area (Å²) in [6, 6.07) is 9.47. The summed E-state index contributed by atoms with van der Waals surface area (Å²) in [4.78, 5) is 6.37. The van der Waals surface area contributed by atoms with E-state index in [0.29, 0.717) is 22.0 Å². The second kappa shape index (κ2) is 9.43. The molecule has 1 aromatic heterocycles. The summed E-state index contributed by atoms with van der Waals surface area (Å²) in [6.07, 6.45) is 1.73. The van der Waals surface area contributed by atoms with Crippen LogP contribution in [-0.4, -0.2) is 29.2 Å². The average molecular weight is 463 g/mol. The van der Waals surface area contributed by atoms with Gasteiger partial charge in [-0.25, -0.2) is 9.38 Å². The Morgan fingerprint density at radius 3 is 2.73 bits per heavy atom. The molecule has 0 aliphatic carbocycles. The Bertz CT molecular complexity index is 1160. The first kappa shape index (κ1) is 22.0. The number of aromatic nitrogens is 1. The minimum Gasteiger partial charge on any atom is -0.442 e. The molecule has 2 aromatic carbocycles. The molecule has 3 rings (SSSR count). The van der Waals surface area contributed by atoms with Gasteiger partial charge in [-0.2, -0.15) is 9.64 Å². The van der Waals surface area contributed by atoms with Crippen LogP contribution in [0.3, 0.4) is 0 Å². The van der Waals surface area contributed by atoms with Crippen LogP contribution in [0.1, 0.15) is 18.1 Å². The highest BCUT2D eigenvalue weighted by Crippen LogP contribution is 2.41. The number of nitriles is 1. The van der Waals surface area contributed by atoms with Crippen LogP contribution < -0.4 is 4.74 Å². The number of benzene rings is 2. The molecule has 0 bridgehead atoms. The monoisotopic (exact) mass is 462 g/mol. The van der Waals surface area contributed by atoms with Gasteiger partial charge in [-0.15, -0.1) is 0 Å². The summed E-state index contributed by atoms with van der Waals surface area (Å²) >= 11 is 13.5. The third-order valence-electron chi connectivity index (χ3n) is 4.30. The van der Waals surface area contributed by atoms with Crippen molar-refractivity contribution >= 4 is 46.8 Å². The van der Waals surface area contributed by atoms with E-state index in [1.807, 2.05) is 25.8 Å². The van der Waals surface area contributed by atoms with Gasteiger partial charge >= 0.3 is 0 Å². The van der Waals surface area contributed by atoms with Crippen LogP contribution in [0.5, 0.6) is 10.8 Å². The first-order valence-corrected chi connectivity index (χ1v) is 10.4. The van der Waals surface area contributed by atoms with Crippen LogP contribution in [0, 0.1) is 24.1 Å². The Morgan fingerprint density at radius 1 is 1.30 bits per heavy atom. The molecule has 0 radical (unpaired) electrons. The number of rotatable bonds is 6. The Kier molecular flexibility index (Phi) is 6.93. The van der Waals surface area contributed by atoms with E-state index in [1.54, 1.807) is 18.5 Å². The maximum atomic E-state index is 13.4. The van der Waals surface area contributed by atoms with Crippen LogP contribution in [0.25, 0.3) is 11.3 Å². The second-order valence-electron chi connectivity index (χ2n) is 6.42.